The van der Waals surface area contributed by atoms with Gasteiger partial charge in [-0.05, 0) is 55.8 Å². The van der Waals surface area contributed by atoms with Crippen LogP contribution < -0.4 is 5.32 Å². The molecule has 8 nitrogen and oxygen atoms in total. The molecule has 0 spiro atoms. The van der Waals surface area contributed by atoms with E-state index in [2.05, 4.69) is 37.6 Å². The molecule has 0 aliphatic rings. The second-order valence-electron chi connectivity index (χ2n) is 9.10. The van der Waals surface area contributed by atoms with Gasteiger partial charge >= 0.3 is 0 Å². The molecule has 0 atom stereocenters. The van der Waals surface area contributed by atoms with Crippen LogP contribution in [-0.4, -0.2) is 36.8 Å². The van der Waals surface area contributed by atoms with Gasteiger partial charge in [-0.1, -0.05) is 19.1 Å². The number of amides is 1. The molecule has 6 rings (SSSR count). The molecule has 6 aromatic rings. The van der Waals surface area contributed by atoms with Crippen molar-refractivity contribution in [3.63, 3.8) is 0 Å². The first-order valence-corrected chi connectivity index (χ1v) is 13.2. The number of aromatic amines is 2. The molecule has 3 N–H and O–H groups in total. The number of benzene rings is 1. The summed E-state index contributed by atoms with van der Waals surface area (Å²) in [6, 6.07) is 17.8. The Bertz CT molecular complexity index is 1830. The van der Waals surface area contributed by atoms with Crippen molar-refractivity contribution < 1.29 is 9.59 Å². The molecule has 0 fully saturated rings. The van der Waals surface area contributed by atoms with Gasteiger partial charge < -0.3 is 10.3 Å². The number of H-pyrrole nitrogens is 2. The van der Waals surface area contributed by atoms with Gasteiger partial charge in [0, 0.05) is 39.5 Å². The standard InChI is InChI=1S/C29H24N6O2S/c1-3-5-27(37)31-18-12-17(14-30-15-18)21-8-9-23-28(33-21)29(35-34-23)24-13-20-19(6-4-7-22(20)32-24)26-11-10-25(38-26)16(2)36/h4,6-15,32H,3,5H2,1-2H3,(H,31,37)(H,34,35). The SMILES string of the molecule is CCCC(=O)Nc1cncc(-c2ccc3[nH]nc(-c4cc5c(-c6ccc(C(C)=O)s6)cccc5[nH]4)c3n2)c1. The van der Waals surface area contributed by atoms with Gasteiger partial charge in [0.1, 0.15) is 11.2 Å². The first-order valence-electron chi connectivity index (χ1n) is 12.3. The normalized spacial score (nSPS) is 11.3. The zero-order valence-electron chi connectivity index (χ0n) is 20.8. The number of anilines is 1. The molecule has 0 saturated carbocycles. The van der Waals surface area contributed by atoms with E-state index in [0.717, 1.165) is 60.6 Å². The van der Waals surface area contributed by atoms with E-state index in [9.17, 15) is 9.59 Å². The summed E-state index contributed by atoms with van der Waals surface area (Å²) >= 11 is 1.50. The van der Waals surface area contributed by atoms with E-state index >= 15 is 0 Å². The monoisotopic (exact) mass is 520 g/mol. The van der Waals surface area contributed by atoms with Crippen molar-refractivity contribution in [1.29, 1.82) is 0 Å². The fourth-order valence-electron chi connectivity index (χ4n) is 4.52. The lowest BCUT2D eigenvalue weighted by Gasteiger charge is -2.06. The molecule has 38 heavy (non-hydrogen) atoms. The van der Waals surface area contributed by atoms with Crippen LogP contribution in [0.25, 0.3) is 55.0 Å². The minimum atomic E-state index is -0.0368. The number of ketones is 1. The lowest BCUT2D eigenvalue weighted by Crippen LogP contribution is -2.10. The number of hydrogen-bond acceptors (Lipinski definition) is 6. The number of nitrogens with zero attached hydrogens (tertiary/aromatic N) is 3. The summed E-state index contributed by atoms with van der Waals surface area (Å²) in [7, 11) is 0. The topological polar surface area (TPSA) is 116 Å². The summed E-state index contributed by atoms with van der Waals surface area (Å²) in [5, 5.41) is 11.6. The zero-order valence-corrected chi connectivity index (χ0v) is 21.6. The van der Waals surface area contributed by atoms with Crippen molar-refractivity contribution in [3.05, 3.63) is 71.9 Å². The fraction of sp³-hybridized carbons (Fsp3) is 0.138. The van der Waals surface area contributed by atoms with Gasteiger partial charge in [-0.3, -0.25) is 19.7 Å². The number of carbonyl (C=O) groups is 2. The maximum atomic E-state index is 12.0. The second-order valence-corrected chi connectivity index (χ2v) is 10.2. The minimum Gasteiger partial charge on any atom is -0.353 e. The van der Waals surface area contributed by atoms with Crippen LogP contribution in [0.1, 0.15) is 36.4 Å². The molecule has 0 bridgehead atoms. The predicted octanol–water partition coefficient (Wildman–Crippen LogP) is 6.84. The van der Waals surface area contributed by atoms with E-state index < -0.39 is 0 Å². The molecule has 0 aliphatic carbocycles. The maximum absolute atomic E-state index is 12.0. The fourth-order valence-corrected chi connectivity index (χ4v) is 5.46. The Morgan fingerprint density at radius 2 is 1.92 bits per heavy atom. The van der Waals surface area contributed by atoms with Crippen LogP contribution in [0.5, 0.6) is 0 Å². The molecule has 0 saturated heterocycles. The van der Waals surface area contributed by atoms with Crippen LogP contribution in [0.3, 0.4) is 0 Å². The van der Waals surface area contributed by atoms with Gasteiger partial charge in [-0.15, -0.1) is 11.3 Å². The molecule has 0 radical (unpaired) electrons. The molecular formula is C29H24N6O2S. The maximum Gasteiger partial charge on any atom is 0.224 e. The number of nitrogens with one attached hydrogen (secondary N) is 3. The lowest BCUT2D eigenvalue weighted by atomic mass is 10.1. The molecule has 188 valence electrons. The van der Waals surface area contributed by atoms with E-state index in [1.54, 1.807) is 19.3 Å². The number of rotatable bonds is 7. The van der Waals surface area contributed by atoms with Crippen molar-refractivity contribution in [2.75, 3.05) is 5.32 Å². The van der Waals surface area contributed by atoms with E-state index in [1.165, 1.54) is 11.3 Å². The van der Waals surface area contributed by atoms with Crippen LogP contribution in [-0.2, 0) is 4.79 Å². The third-order valence-electron chi connectivity index (χ3n) is 6.34. The number of pyridine rings is 2. The number of thiophene rings is 1. The molecule has 1 amide bonds. The largest absolute Gasteiger partial charge is 0.353 e. The van der Waals surface area contributed by atoms with Gasteiger partial charge in [-0.2, -0.15) is 5.10 Å². The summed E-state index contributed by atoms with van der Waals surface area (Å²) in [5.41, 5.74) is 7.28. The first-order chi connectivity index (χ1) is 18.5. The number of carbonyl (C=O) groups excluding carboxylic acids is 2. The Labute approximate surface area is 222 Å². The average molecular weight is 521 g/mol. The average Bonchev–Trinajstić information content (AvgIpc) is 3.66. The van der Waals surface area contributed by atoms with Crippen molar-refractivity contribution >= 4 is 50.7 Å². The van der Waals surface area contributed by atoms with E-state index in [1.807, 2.05) is 49.4 Å². The van der Waals surface area contributed by atoms with Gasteiger partial charge in [0.25, 0.3) is 0 Å². The van der Waals surface area contributed by atoms with Gasteiger partial charge in [-0.25, -0.2) is 4.98 Å². The molecule has 5 aromatic heterocycles. The first kappa shape index (κ1) is 23.7. The highest BCUT2D eigenvalue weighted by molar-refractivity contribution is 7.17. The quantitative estimate of drug-likeness (QED) is 0.199. The Morgan fingerprint density at radius 3 is 2.74 bits per heavy atom. The molecular weight excluding hydrogens is 496 g/mol. The molecule has 1 aromatic carbocycles. The Kier molecular flexibility index (Phi) is 6.05. The molecule has 0 unspecified atom stereocenters. The molecule has 5 heterocycles. The summed E-state index contributed by atoms with van der Waals surface area (Å²) in [6.07, 6.45) is 4.61. The Morgan fingerprint density at radius 1 is 1.03 bits per heavy atom. The van der Waals surface area contributed by atoms with Gasteiger partial charge in [0.05, 0.1) is 33.7 Å². The predicted molar refractivity (Wildman–Crippen MR) is 151 cm³/mol. The van der Waals surface area contributed by atoms with E-state index in [4.69, 9.17) is 4.98 Å². The third kappa shape index (κ3) is 4.37. The van der Waals surface area contributed by atoms with E-state index in [0.29, 0.717) is 17.8 Å². The van der Waals surface area contributed by atoms with Crippen molar-refractivity contribution in [2.24, 2.45) is 0 Å². The highest BCUT2D eigenvalue weighted by Gasteiger charge is 2.17. The summed E-state index contributed by atoms with van der Waals surface area (Å²) in [5.74, 6) is 0.0300. The van der Waals surface area contributed by atoms with Crippen LogP contribution >= 0.6 is 11.3 Å². The number of hydrogen-bond donors (Lipinski definition) is 3. The minimum absolute atomic E-state index is 0.0368. The summed E-state index contributed by atoms with van der Waals surface area (Å²) in [6.45, 7) is 3.56. The van der Waals surface area contributed by atoms with Crippen LogP contribution in [0.15, 0.2) is 67.0 Å². The van der Waals surface area contributed by atoms with Crippen molar-refractivity contribution in [1.82, 2.24) is 25.1 Å². The van der Waals surface area contributed by atoms with Crippen LogP contribution in [0.2, 0.25) is 0 Å². The number of aromatic nitrogens is 5. The second kappa shape index (κ2) is 9.68. The lowest BCUT2D eigenvalue weighted by molar-refractivity contribution is -0.116. The van der Waals surface area contributed by atoms with Crippen molar-refractivity contribution in [3.8, 4) is 33.1 Å². The Hall–Kier alpha value is -4.63. The smallest absolute Gasteiger partial charge is 0.224 e. The third-order valence-corrected chi connectivity index (χ3v) is 7.56. The van der Waals surface area contributed by atoms with Crippen LogP contribution in [0, 0.1) is 0 Å². The van der Waals surface area contributed by atoms with Crippen LogP contribution in [0.4, 0.5) is 5.69 Å². The summed E-state index contributed by atoms with van der Waals surface area (Å²) in [4.78, 5) is 38.3. The number of Topliss-reactive ketones (excluding diaryl/α,β-unsaturated/α-hetero) is 1. The van der Waals surface area contributed by atoms with E-state index in [-0.39, 0.29) is 11.7 Å². The Balaban J connectivity index is 1.39. The highest BCUT2D eigenvalue weighted by atomic mass is 32.1. The molecule has 0 aliphatic heterocycles. The zero-order chi connectivity index (χ0) is 26.2. The highest BCUT2D eigenvalue weighted by Crippen LogP contribution is 2.37. The number of fused-ring (bicyclic) bond motifs is 2. The van der Waals surface area contributed by atoms with Gasteiger partial charge in [0.2, 0.25) is 5.91 Å². The van der Waals surface area contributed by atoms with Crippen molar-refractivity contribution in [2.45, 2.75) is 26.7 Å². The van der Waals surface area contributed by atoms with Gasteiger partial charge in [0.15, 0.2) is 5.78 Å². The summed E-state index contributed by atoms with van der Waals surface area (Å²) < 4.78 is 0. The molecule has 9 heteroatoms.